The highest BCUT2D eigenvalue weighted by Crippen LogP contribution is 2.39. The van der Waals surface area contributed by atoms with E-state index in [0.717, 1.165) is 37.4 Å². The maximum atomic E-state index is 13.4. The number of benzene rings is 1. The van der Waals surface area contributed by atoms with Crippen LogP contribution in [0.3, 0.4) is 0 Å². The molecular weight excluding hydrogens is 331 g/mol. The van der Waals surface area contributed by atoms with Gasteiger partial charge in [-0.05, 0) is 43.9 Å². The Morgan fingerprint density at radius 2 is 1.92 bits per heavy atom. The molecule has 1 aromatic carbocycles. The van der Waals surface area contributed by atoms with Gasteiger partial charge >= 0.3 is 12.1 Å². The molecule has 0 aliphatic heterocycles. The van der Waals surface area contributed by atoms with Crippen molar-refractivity contribution >= 4 is 5.97 Å². The first-order valence-corrected chi connectivity index (χ1v) is 8.47. The molecule has 0 amide bonds. The molecule has 2 aromatic rings. The molecule has 1 aliphatic carbocycles. The highest BCUT2D eigenvalue weighted by atomic mass is 19.4. The Morgan fingerprint density at radius 1 is 1.24 bits per heavy atom. The quantitative estimate of drug-likeness (QED) is 0.697. The normalized spacial score (nSPS) is 15.5. The zero-order valence-corrected chi connectivity index (χ0v) is 14.0. The fourth-order valence-corrected chi connectivity index (χ4v) is 3.47. The number of hydrogen-bond donors (Lipinski definition) is 0. The Balaban J connectivity index is 2.13. The third-order valence-corrected chi connectivity index (χ3v) is 4.60. The van der Waals surface area contributed by atoms with Gasteiger partial charge in [0.25, 0.3) is 0 Å². The first-order chi connectivity index (χ1) is 11.9. The van der Waals surface area contributed by atoms with E-state index in [1.54, 1.807) is 19.1 Å². The lowest BCUT2D eigenvalue weighted by atomic mass is 10.0. The van der Waals surface area contributed by atoms with Gasteiger partial charge in [0.1, 0.15) is 0 Å². The van der Waals surface area contributed by atoms with Crippen LogP contribution < -0.4 is 0 Å². The van der Waals surface area contributed by atoms with Crippen LogP contribution in [0.2, 0.25) is 0 Å². The molecule has 0 radical (unpaired) electrons. The zero-order valence-electron chi connectivity index (χ0n) is 14.0. The molecule has 3 rings (SSSR count). The molecule has 1 aliphatic rings. The van der Waals surface area contributed by atoms with Gasteiger partial charge in [0, 0.05) is 11.9 Å². The van der Waals surface area contributed by atoms with Crippen molar-refractivity contribution in [2.75, 3.05) is 6.61 Å². The third kappa shape index (κ3) is 3.57. The van der Waals surface area contributed by atoms with Crippen LogP contribution >= 0.6 is 0 Å². The molecule has 25 heavy (non-hydrogen) atoms. The number of carbonyl (C=O) groups is 1. The number of carbonyl (C=O) groups excluding carboxylic acids is 1. The van der Waals surface area contributed by atoms with E-state index in [-0.39, 0.29) is 18.2 Å². The van der Waals surface area contributed by atoms with Crippen LogP contribution in [0.5, 0.6) is 0 Å². The Labute approximate surface area is 144 Å². The second-order valence-corrected chi connectivity index (χ2v) is 6.24. The first-order valence-electron chi connectivity index (χ1n) is 8.47. The highest BCUT2D eigenvalue weighted by Gasteiger charge is 2.35. The molecule has 0 atom stereocenters. The van der Waals surface area contributed by atoms with Crippen LogP contribution in [0.4, 0.5) is 13.2 Å². The van der Waals surface area contributed by atoms with Crippen LogP contribution in [-0.4, -0.2) is 17.1 Å². The Hall–Kier alpha value is -2.24. The number of nitrogens with zero attached hydrogens (tertiary/aromatic N) is 1. The number of ether oxygens (including phenoxy) is 1. The predicted molar refractivity (Wildman–Crippen MR) is 87.9 cm³/mol. The average Bonchev–Trinajstić information content (AvgIpc) is 3.23. The van der Waals surface area contributed by atoms with E-state index >= 15 is 0 Å². The average molecular weight is 351 g/mol. The number of alkyl halides is 3. The molecule has 0 spiro atoms. The van der Waals surface area contributed by atoms with Gasteiger partial charge in [-0.2, -0.15) is 13.2 Å². The second-order valence-electron chi connectivity index (χ2n) is 6.24. The minimum atomic E-state index is -4.46. The van der Waals surface area contributed by atoms with E-state index in [9.17, 15) is 18.0 Å². The number of esters is 1. The maximum absolute atomic E-state index is 13.4. The summed E-state index contributed by atoms with van der Waals surface area (Å²) in [6.45, 7) is 1.92. The lowest BCUT2D eigenvalue weighted by Crippen LogP contribution is -2.12. The largest absolute Gasteiger partial charge is 0.462 e. The van der Waals surface area contributed by atoms with Crippen LogP contribution in [0.25, 0.3) is 5.69 Å². The summed E-state index contributed by atoms with van der Waals surface area (Å²) in [4.78, 5) is 12.1. The molecular formula is C19H20F3NO2. The molecule has 134 valence electrons. The van der Waals surface area contributed by atoms with E-state index in [0.29, 0.717) is 5.56 Å². The summed E-state index contributed by atoms with van der Waals surface area (Å²) in [6, 6.07) is 7.14. The van der Waals surface area contributed by atoms with Gasteiger partial charge in [0.05, 0.1) is 23.4 Å². The molecule has 1 aromatic heterocycles. The molecule has 1 saturated carbocycles. The van der Waals surface area contributed by atoms with Crippen molar-refractivity contribution < 1.29 is 22.7 Å². The van der Waals surface area contributed by atoms with Gasteiger partial charge in [0.15, 0.2) is 0 Å². The van der Waals surface area contributed by atoms with Crippen molar-refractivity contribution in [3.8, 4) is 5.69 Å². The van der Waals surface area contributed by atoms with Crippen LogP contribution in [0.1, 0.15) is 60.1 Å². The summed E-state index contributed by atoms with van der Waals surface area (Å²) in [5.74, 6) is -0.352. The monoisotopic (exact) mass is 351 g/mol. The standard InChI is InChI=1S/C19H20F3NO2/c1-2-25-18(24)14-11-17(13-7-3-4-8-13)23(12-14)16-10-6-5-9-15(16)19(20,21)22/h5-6,9-13H,2-4,7-8H2,1H3. The fourth-order valence-electron chi connectivity index (χ4n) is 3.47. The van der Waals surface area contributed by atoms with E-state index < -0.39 is 17.7 Å². The summed E-state index contributed by atoms with van der Waals surface area (Å²) in [6.07, 6.45) is 0.937. The minimum Gasteiger partial charge on any atom is -0.462 e. The van der Waals surface area contributed by atoms with Crippen molar-refractivity contribution in [1.29, 1.82) is 0 Å². The minimum absolute atomic E-state index is 0.0486. The fraction of sp³-hybridized carbons (Fsp3) is 0.421. The lowest BCUT2D eigenvalue weighted by Gasteiger charge is -2.18. The van der Waals surface area contributed by atoms with E-state index in [1.807, 2.05) is 0 Å². The molecule has 6 heteroatoms. The van der Waals surface area contributed by atoms with Crippen molar-refractivity contribution in [1.82, 2.24) is 4.57 Å². The smallest absolute Gasteiger partial charge is 0.418 e. The number of hydrogen-bond acceptors (Lipinski definition) is 2. The Morgan fingerprint density at radius 3 is 2.56 bits per heavy atom. The molecule has 0 bridgehead atoms. The Bertz CT molecular complexity index is 758. The van der Waals surface area contributed by atoms with E-state index in [2.05, 4.69) is 0 Å². The van der Waals surface area contributed by atoms with Crippen molar-refractivity contribution in [2.45, 2.75) is 44.7 Å². The second kappa shape index (κ2) is 6.94. The topological polar surface area (TPSA) is 31.2 Å². The van der Waals surface area contributed by atoms with Crippen molar-refractivity contribution in [3.05, 3.63) is 53.3 Å². The number of rotatable bonds is 4. The van der Waals surface area contributed by atoms with E-state index in [4.69, 9.17) is 4.74 Å². The number of halogens is 3. The third-order valence-electron chi connectivity index (χ3n) is 4.60. The highest BCUT2D eigenvalue weighted by molar-refractivity contribution is 5.89. The molecule has 1 fully saturated rings. The van der Waals surface area contributed by atoms with Crippen molar-refractivity contribution in [2.24, 2.45) is 0 Å². The van der Waals surface area contributed by atoms with Gasteiger partial charge in [0.2, 0.25) is 0 Å². The summed E-state index contributed by atoms with van der Waals surface area (Å²) in [7, 11) is 0. The summed E-state index contributed by atoms with van der Waals surface area (Å²) < 4.78 is 46.8. The Kier molecular flexibility index (Phi) is 4.88. The van der Waals surface area contributed by atoms with Gasteiger partial charge < -0.3 is 9.30 Å². The van der Waals surface area contributed by atoms with Crippen molar-refractivity contribution in [3.63, 3.8) is 0 Å². The van der Waals surface area contributed by atoms with Crippen LogP contribution in [-0.2, 0) is 10.9 Å². The SMILES string of the molecule is CCOC(=O)c1cc(C2CCCC2)n(-c2ccccc2C(F)(F)F)c1. The zero-order chi connectivity index (χ0) is 18.0. The maximum Gasteiger partial charge on any atom is 0.418 e. The van der Waals surface area contributed by atoms with Gasteiger partial charge in [-0.25, -0.2) is 4.79 Å². The van der Waals surface area contributed by atoms with E-state index in [1.165, 1.54) is 22.9 Å². The lowest BCUT2D eigenvalue weighted by molar-refractivity contribution is -0.137. The van der Waals surface area contributed by atoms with Crippen LogP contribution in [0.15, 0.2) is 36.5 Å². The predicted octanol–water partition coefficient (Wildman–Crippen LogP) is 5.33. The summed E-state index contributed by atoms with van der Waals surface area (Å²) in [5.41, 5.74) is 0.380. The molecule has 1 heterocycles. The molecule has 0 unspecified atom stereocenters. The molecule has 0 N–H and O–H groups in total. The van der Waals surface area contributed by atoms with Gasteiger partial charge in [-0.15, -0.1) is 0 Å². The summed E-state index contributed by atoms with van der Waals surface area (Å²) >= 11 is 0. The number of para-hydroxylation sites is 1. The molecule has 3 nitrogen and oxygen atoms in total. The van der Waals surface area contributed by atoms with Gasteiger partial charge in [-0.3, -0.25) is 0 Å². The van der Waals surface area contributed by atoms with Crippen LogP contribution in [0, 0.1) is 0 Å². The summed E-state index contributed by atoms with van der Waals surface area (Å²) in [5, 5.41) is 0. The van der Waals surface area contributed by atoms with Gasteiger partial charge in [-0.1, -0.05) is 25.0 Å². The number of aromatic nitrogens is 1. The molecule has 0 saturated heterocycles. The first kappa shape index (κ1) is 17.6.